The van der Waals surface area contributed by atoms with Crippen LogP contribution in [0.25, 0.3) is 54.1 Å². The molecule has 0 radical (unpaired) electrons. The lowest BCUT2D eigenvalue weighted by Gasteiger charge is -2.09. The number of rotatable bonds is 2. The van der Waals surface area contributed by atoms with Gasteiger partial charge in [-0.25, -0.2) is 4.79 Å². The van der Waals surface area contributed by atoms with Crippen LogP contribution in [-0.4, -0.2) is 18.9 Å². The first-order chi connectivity index (χ1) is 16.3. The molecule has 4 aromatic carbocycles. The predicted octanol–water partition coefficient (Wildman–Crippen LogP) is 6.07. The molecule has 0 atom stereocenters. The molecule has 5 nitrogen and oxygen atoms in total. The predicted molar refractivity (Wildman–Crippen MR) is 134 cm³/mol. The molecule has 0 spiro atoms. The first kappa shape index (κ1) is 18.3. The van der Waals surface area contributed by atoms with E-state index in [-0.39, 0.29) is 0 Å². The van der Waals surface area contributed by atoms with Crippen molar-refractivity contribution in [3.8, 4) is 17.1 Å². The molecule has 0 fully saturated rings. The van der Waals surface area contributed by atoms with Gasteiger partial charge in [0.15, 0.2) is 5.82 Å². The van der Waals surface area contributed by atoms with Crippen LogP contribution in [0.2, 0.25) is 0 Å². The van der Waals surface area contributed by atoms with E-state index in [1.54, 1.807) is 11.3 Å². The lowest BCUT2D eigenvalue weighted by molar-refractivity contribution is 0.960. The first-order valence-electron chi connectivity index (χ1n) is 10.7. The number of hydrogen-bond acceptors (Lipinski definition) is 4. The molecule has 0 unspecified atom stereocenters. The number of hydrogen-bond donors (Lipinski definition) is 0. The highest BCUT2D eigenvalue weighted by atomic mass is 32.1. The first-order valence-corrected chi connectivity index (χ1v) is 11.5. The van der Waals surface area contributed by atoms with Crippen molar-refractivity contribution in [1.82, 2.24) is 18.9 Å². The Balaban J connectivity index is 1.71. The van der Waals surface area contributed by atoms with Gasteiger partial charge in [0.2, 0.25) is 5.78 Å². The van der Waals surface area contributed by atoms with Crippen LogP contribution in [0.4, 0.5) is 0 Å². The van der Waals surface area contributed by atoms with Crippen molar-refractivity contribution >= 4 is 48.3 Å². The minimum Gasteiger partial charge on any atom is -0.277 e. The highest BCUT2D eigenvalue weighted by molar-refractivity contribution is 7.25. The molecule has 0 amide bonds. The van der Waals surface area contributed by atoms with Crippen LogP contribution < -0.4 is 5.69 Å². The Kier molecular flexibility index (Phi) is 3.80. The minimum absolute atomic E-state index is 0.500. The van der Waals surface area contributed by atoms with E-state index in [1.807, 2.05) is 52.9 Å². The zero-order valence-corrected chi connectivity index (χ0v) is 18.2. The fourth-order valence-electron chi connectivity index (χ4n) is 4.68. The number of imidazole rings is 1. The SMILES string of the molecule is O=c1nc(-c2ccccc2)n2c3ccccc3n(-c3cccc4sc5ccccc5c34)c2n1. The molecule has 0 saturated heterocycles. The Morgan fingerprint density at radius 1 is 0.667 bits per heavy atom. The molecular weight excluding hydrogens is 428 g/mol. The molecule has 0 saturated carbocycles. The molecule has 0 N–H and O–H groups in total. The summed E-state index contributed by atoms with van der Waals surface area (Å²) in [7, 11) is 0. The number of para-hydroxylation sites is 2. The Labute approximate surface area is 191 Å². The van der Waals surface area contributed by atoms with E-state index in [4.69, 9.17) is 0 Å². The van der Waals surface area contributed by atoms with E-state index in [0.29, 0.717) is 11.6 Å². The Morgan fingerprint density at radius 3 is 2.27 bits per heavy atom. The van der Waals surface area contributed by atoms with Gasteiger partial charge in [-0.3, -0.25) is 8.97 Å². The third kappa shape index (κ3) is 2.61. The second-order valence-corrected chi connectivity index (χ2v) is 8.99. The van der Waals surface area contributed by atoms with Gasteiger partial charge in [0, 0.05) is 25.7 Å². The summed E-state index contributed by atoms with van der Waals surface area (Å²) in [5.41, 5.74) is 3.29. The van der Waals surface area contributed by atoms with Crippen LogP contribution in [0.5, 0.6) is 0 Å². The van der Waals surface area contributed by atoms with Crippen molar-refractivity contribution < 1.29 is 0 Å². The standard InChI is InChI=1S/C27H16N4OS/c32-26-28-25(17-9-2-1-3-10-17)31-20-13-6-5-12-19(20)30(27(31)29-26)21-14-8-16-23-24(21)18-11-4-7-15-22(18)33-23/h1-16H. The van der Waals surface area contributed by atoms with Crippen molar-refractivity contribution in [1.29, 1.82) is 0 Å². The lowest BCUT2D eigenvalue weighted by Crippen LogP contribution is -2.16. The van der Waals surface area contributed by atoms with E-state index >= 15 is 0 Å². The fraction of sp³-hybridized carbons (Fsp3) is 0. The highest BCUT2D eigenvalue weighted by Gasteiger charge is 2.20. The van der Waals surface area contributed by atoms with Crippen LogP contribution in [0.3, 0.4) is 0 Å². The van der Waals surface area contributed by atoms with Gasteiger partial charge in [-0.05, 0) is 30.3 Å². The monoisotopic (exact) mass is 444 g/mol. The fourth-order valence-corrected chi connectivity index (χ4v) is 5.81. The number of nitrogens with zero attached hydrogens (tertiary/aromatic N) is 4. The van der Waals surface area contributed by atoms with Crippen molar-refractivity contribution in [3.05, 3.63) is 108 Å². The summed E-state index contributed by atoms with van der Waals surface area (Å²) in [5.74, 6) is 1.14. The van der Waals surface area contributed by atoms with Gasteiger partial charge in [-0.2, -0.15) is 9.97 Å². The highest BCUT2D eigenvalue weighted by Crippen LogP contribution is 2.39. The van der Waals surface area contributed by atoms with Crippen molar-refractivity contribution in [2.75, 3.05) is 0 Å². The average molecular weight is 445 g/mol. The van der Waals surface area contributed by atoms with E-state index in [9.17, 15) is 4.79 Å². The maximum Gasteiger partial charge on any atom is 0.372 e. The van der Waals surface area contributed by atoms with Crippen LogP contribution in [0, 0.1) is 0 Å². The summed E-state index contributed by atoms with van der Waals surface area (Å²) in [6.45, 7) is 0. The summed E-state index contributed by atoms with van der Waals surface area (Å²) < 4.78 is 6.51. The maximum absolute atomic E-state index is 12.7. The zero-order chi connectivity index (χ0) is 21.9. The van der Waals surface area contributed by atoms with Gasteiger partial charge < -0.3 is 0 Å². The van der Waals surface area contributed by atoms with Gasteiger partial charge in [-0.15, -0.1) is 11.3 Å². The van der Waals surface area contributed by atoms with Crippen molar-refractivity contribution in [2.24, 2.45) is 0 Å². The second-order valence-electron chi connectivity index (χ2n) is 7.90. The summed E-state index contributed by atoms with van der Waals surface area (Å²) in [6, 6.07) is 32.7. The minimum atomic E-state index is -0.500. The van der Waals surface area contributed by atoms with Gasteiger partial charge in [0.25, 0.3) is 0 Å². The Morgan fingerprint density at radius 2 is 1.39 bits per heavy atom. The smallest absolute Gasteiger partial charge is 0.277 e. The molecular formula is C27H16N4OS. The Bertz CT molecular complexity index is 1900. The van der Waals surface area contributed by atoms with Crippen molar-refractivity contribution in [3.63, 3.8) is 0 Å². The quantitative estimate of drug-likeness (QED) is 0.325. The summed E-state index contributed by atoms with van der Waals surface area (Å²) in [4.78, 5) is 21.4. The molecule has 7 rings (SSSR count). The van der Waals surface area contributed by atoms with E-state index in [0.717, 1.165) is 27.7 Å². The molecule has 7 aromatic rings. The molecule has 6 heteroatoms. The van der Waals surface area contributed by atoms with E-state index < -0.39 is 5.69 Å². The summed E-state index contributed by atoms with van der Waals surface area (Å²) >= 11 is 1.77. The lowest BCUT2D eigenvalue weighted by atomic mass is 10.1. The second kappa shape index (κ2) is 6.85. The van der Waals surface area contributed by atoms with Gasteiger partial charge in [0.1, 0.15) is 0 Å². The van der Waals surface area contributed by atoms with Gasteiger partial charge in [-0.1, -0.05) is 66.7 Å². The maximum atomic E-state index is 12.7. The summed E-state index contributed by atoms with van der Waals surface area (Å²) in [6.07, 6.45) is 0. The molecule has 0 aliphatic rings. The molecule has 3 aromatic heterocycles. The number of thiophene rings is 1. The third-order valence-electron chi connectivity index (χ3n) is 6.03. The molecule has 0 aliphatic heterocycles. The molecule has 33 heavy (non-hydrogen) atoms. The van der Waals surface area contributed by atoms with E-state index in [2.05, 4.69) is 63.1 Å². The molecule has 156 valence electrons. The van der Waals surface area contributed by atoms with Crippen molar-refractivity contribution in [2.45, 2.75) is 0 Å². The number of benzene rings is 4. The van der Waals surface area contributed by atoms with E-state index in [1.165, 1.54) is 14.8 Å². The summed E-state index contributed by atoms with van der Waals surface area (Å²) in [5, 5.41) is 2.36. The largest absolute Gasteiger partial charge is 0.372 e. The third-order valence-corrected chi connectivity index (χ3v) is 7.16. The normalized spacial score (nSPS) is 11.8. The van der Waals surface area contributed by atoms with Gasteiger partial charge in [0.05, 0.1) is 16.7 Å². The van der Waals surface area contributed by atoms with Crippen LogP contribution in [0.1, 0.15) is 0 Å². The number of aromatic nitrogens is 4. The zero-order valence-electron chi connectivity index (χ0n) is 17.3. The van der Waals surface area contributed by atoms with Gasteiger partial charge >= 0.3 is 5.69 Å². The van der Waals surface area contributed by atoms with Crippen LogP contribution >= 0.6 is 11.3 Å². The topological polar surface area (TPSA) is 52.2 Å². The van der Waals surface area contributed by atoms with Crippen LogP contribution in [-0.2, 0) is 0 Å². The molecule has 0 aliphatic carbocycles. The molecule has 3 heterocycles. The number of fused-ring (bicyclic) bond motifs is 6. The molecule has 0 bridgehead atoms. The van der Waals surface area contributed by atoms with Crippen LogP contribution in [0.15, 0.2) is 102 Å². The Hall–Kier alpha value is -4.29. The average Bonchev–Trinajstić information content (AvgIpc) is 3.40.